The normalized spacial score (nSPS) is 10.6. The molecule has 1 N–H and O–H groups in total. The summed E-state index contributed by atoms with van der Waals surface area (Å²) in [5.74, 6) is -0.480. The molecule has 1 aromatic carbocycles. The number of halogens is 1. The number of nitrogens with one attached hydrogen (secondary N) is 1. The Morgan fingerprint density at radius 2 is 2.05 bits per heavy atom. The van der Waals surface area contributed by atoms with Gasteiger partial charge in [-0.15, -0.1) is 0 Å². The average Bonchev–Trinajstić information content (AvgIpc) is 2.42. The maximum atomic E-state index is 12.0. The zero-order valence-electron chi connectivity index (χ0n) is 11.6. The van der Waals surface area contributed by atoms with E-state index in [9.17, 15) is 14.9 Å². The summed E-state index contributed by atoms with van der Waals surface area (Å²) >= 11 is 5.77. The number of para-hydroxylation sites is 1. The van der Waals surface area contributed by atoms with Gasteiger partial charge >= 0.3 is 5.69 Å². The molecule has 6 nitrogen and oxygen atoms in total. The van der Waals surface area contributed by atoms with Crippen molar-refractivity contribution in [1.29, 1.82) is 0 Å². The number of carbonyl (C=O) groups is 1. The maximum absolute atomic E-state index is 12.0. The van der Waals surface area contributed by atoms with Gasteiger partial charge in [0.2, 0.25) is 0 Å². The van der Waals surface area contributed by atoms with Crippen molar-refractivity contribution in [2.24, 2.45) is 0 Å². The van der Waals surface area contributed by atoms with Crippen molar-refractivity contribution in [3.63, 3.8) is 0 Å². The van der Waals surface area contributed by atoms with Crippen LogP contribution >= 0.6 is 11.6 Å². The Balaban J connectivity index is 2.73. The fourth-order valence-corrected chi connectivity index (χ4v) is 2.09. The first-order valence-electron chi connectivity index (χ1n) is 6.44. The number of hydrogen-bond acceptors (Lipinski definition) is 4. The van der Waals surface area contributed by atoms with Gasteiger partial charge in [-0.1, -0.05) is 31.5 Å². The van der Waals surface area contributed by atoms with Crippen LogP contribution in [-0.4, -0.2) is 41.9 Å². The number of carbonyl (C=O) groups excluding carboxylic acids is 1. The minimum absolute atomic E-state index is 0.0120. The van der Waals surface area contributed by atoms with Gasteiger partial charge in [0.15, 0.2) is 0 Å². The molecule has 1 rings (SSSR count). The van der Waals surface area contributed by atoms with Crippen molar-refractivity contribution in [2.75, 3.05) is 26.2 Å². The molecule has 20 heavy (non-hydrogen) atoms. The minimum Gasteiger partial charge on any atom is -0.351 e. The highest BCUT2D eigenvalue weighted by Crippen LogP contribution is 2.27. The molecule has 0 fully saturated rings. The summed E-state index contributed by atoms with van der Waals surface area (Å²) < 4.78 is 0. The van der Waals surface area contributed by atoms with Crippen LogP contribution < -0.4 is 5.32 Å². The molecule has 0 heterocycles. The van der Waals surface area contributed by atoms with Crippen LogP contribution in [0.5, 0.6) is 0 Å². The highest BCUT2D eigenvalue weighted by atomic mass is 35.5. The van der Waals surface area contributed by atoms with E-state index in [0.717, 1.165) is 13.1 Å². The van der Waals surface area contributed by atoms with Crippen molar-refractivity contribution in [1.82, 2.24) is 10.2 Å². The lowest BCUT2D eigenvalue weighted by atomic mass is 10.1. The van der Waals surface area contributed by atoms with Crippen LogP contribution in [0.2, 0.25) is 5.02 Å². The quantitative estimate of drug-likeness (QED) is 0.619. The fourth-order valence-electron chi connectivity index (χ4n) is 1.85. The summed E-state index contributed by atoms with van der Waals surface area (Å²) in [4.78, 5) is 24.5. The number of hydrogen-bond donors (Lipinski definition) is 1. The standard InChI is InChI=1S/C13H18ClN3O3/c1-3-16(4-2)9-8-15-13(18)10-6-5-7-11(14)12(10)17(19)20/h5-7H,3-4,8-9H2,1-2H3,(H,15,18). The van der Waals surface area contributed by atoms with E-state index in [1.165, 1.54) is 18.2 Å². The molecule has 0 atom stereocenters. The van der Waals surface area contributed by atoms with Crippen molar-refractivity contribution in [2.45, 2.75) is 13.8 Å². The zero-order valence-corrected chi connectivity index (χ0v) is 12.3. The largest absolute Gasteiger partial charge is 0.351 e. The number of rotatable bonds is 7. The molecule has 0 saturated heterocycles. The number of nitrogens with zero attached hydrogens (tertiary/aromatic N) is 2. The summed E-state index contributed by atoms with van der Waals surface area (Å²) in [6.07, 6.45) is 0. The number of nitro benzene ring substituents is 1. The average molecular weight is 300 g/mol. The summed E-state index contributed by atoms with van der Waals surface area (Å²) in [5, 5.41) is 13.6. The molecule has 7 heteroatoms. The third-order valence-electron chi connectivity index (χ3n) is 3.02. The van der Waals surface area contributed by atoms with Gasteiger partial charge in [0.1, 0.15) is 10.6 Å². The Kier molecular flexibility index (Phi) is 6.41. The summed E-state index contributed by atoms with van der Waals surface area (Å²) in [7, 11) is 0. The van der Waals surface area contributed by atoms with E-state index in [2.05, 4.69) is 10.2 Å². The van der Waals surface area contributed by atoms with E-state index in [1.807, 2.05) is 13.8 Å². The van der Waals surface area contributed by atoms with Crippen molar-refractivity contribution >= 4 is 23.2 Å². The maximum Gasteiger partial charge on any atom is 0.300 e. The summed E-state index contributed by atoms with van der Waals surface area (Å²) in [5.41, 5.74) is -0.364. The van der Waals surface area contributed by atoms with Crippen LogP contribution in [0.3, 0.4) is 0 Å². The van der Waals surface area contributed by atoms with Gasteiger partial charge in [-0.3, -0.25) is 14.9 Å². The molecule has 1 aromatic rings. The van der Waals surface area contributed by atoms with E-state index in [0.29, 0.717) is 13.1 Å². The lowest BCUT2D eigenvalue weighted by Gasteiger charge is -2.17. The minimum atomic E-state index is -0.637. The van der Waals surface area contributed by atoms with E-state index < -0.39 is 10.8 Å². The number of nitro groups is 1. The first-order chi connectivity index (χ1) is 9.51. The van der Waals surface area contributed by atoms with Gasteiger partial charge in [0.05, 0.1) is 4.92 Å². The summed E-state index contributed by atoms with van der Waals surface area (Å²) in [6, 6.07) is 4.32. The lowest BCUT2D eigenvalue weighted by molar-refractivity contribution is -0.385. The van der Waals surface area contributed by atoms with Crippen LogP contribution in [0.1, 0.15) is 24.2 Å². The van der Waals surface area contributed by atoms with Gasteiger partial charge < -0.3 is 10.2 Å². The number of amides is 1. The van der Waals surface area contributed by atoms with Gasteiger partial charge in [-0.25, -0.2) is 0 Å². The molecule has 0 saturated carbocycles. The highest BCUT2D eigenvalue weighted by Gasteiger charge is 2.23. The SMILES string of the molecule is CCN(CC)CCNC(=O)c1cccc(Cl)c1[N+](=O)[O-]. The van der Waals surface area contributed by atoms with Crippen LogP contribution in [0.15, 0.2) is 18.2 Å². The smallest absolute Gasteiger partial charge is 0.300 e. The Labute approximate surface area is 122 Å². The second-order valence-corrected chi connectivity index (χ2v) is 4.58. The lowest BCUT2D eigenvalue weighted by Crippen LogP contribution is -2.35. The molecule has 0 aliphatic carbocycles. The molecular weight excluding hydrogens is 282 g/mol. The van der Waals surface area contributed by atoms with Crippen LogP contribution in [0.4, 0.5) is 5.69 Å². The van der Waals surface area contributed by atoms with Crippen molar-refractivity contribution < 1.29 is 9.72 Å². The Bertz CT molecular complexity index is 490. The van der Waals surface area contributed by atoms with E-state index in [-0.39, 0.29) is 16.3 Å². The first kappa shape index (κ1) is 16.4. The van der Waals surface area contributed by atoms with Crippen molar-refractivity contribution in [3.05, 3.63) is 38.9 Å². The topological polar surface area (TPSA) is 75.5 Å². The van der Waals surface area contributed by atoms with Crippen LogP contribution in [0.25, 0.3) is 0 Å². The van der Waals surface area contributed by atoms with Gasteiger partial charge in [-0.05, 0) is 25.2 Å². The predicted molar refractivity (Wildman–Crippen MR) is 78.2 cm³/mol. The Morgan fingerprint density at radius 3 is 2.60 bits per heavy atom. The number of likely N-dealkylation sites (N-methyl/N-ethyl adjacent to an activating group) is 1. The molecule has 0 unspecified atom stereocenters. The van der Waals surface area contributed by atoms with E-state index >= 15 is 0 Å². The Morgan fingerprint density at radius 1 is 1.40 bits per heavy atom. The Hall–Kier alpha value is -1.66. The second kappa shape index (κ2) is 7.81. The molecule has 0 aliphatic heterocycles. The second-order valence-electron chi connectivity index (χ2n) is 4.18. The monoisotopic (exact) mass is 299 g/mol. The van der Waals surface area contributed by atoms with Gasteiger partial charge in [-0.2, -0.15) is 0 Å². The molecule has 110 valence electrons. The predicted octanol–water partition coefficient (Wildman–Crippen LogP) is 2.32. The molecular formula is C13H18ClN3O3. The van der Waals surface area contributed by atoms with Gasteiger partial charge in [0, 0.05) is 13.1 Å². The molecule has 0 spiro atoms. The van der Waals surface area contributed by atoms with E-state index in [4.69, 9.17) is 11.6 Å². The van der Waals surface area contributed by atoms with E-state index in [1.54, 1.807) is 0 Å². The van der Waals surface area contributed by atoms with Gasteiger partial charge in [0.25, 0.3) is 5.91 Å². The molecule has 0 aromatic heterocycles. The number of benzene rings is 1. The molecule has 0 aliphatic rings. The molecule has 1 amide bonds. The first-order valence-corrected chi connectivity index (χ1v) is 6.82. The van der Waals surface area contributed by atoms with Crippen molar-refractivity contribution in [3.8, 4) is 0 Å². The molecule has 0 bridgehead atoms. The molecule has 0 radical (unpaired) electrons. The third kappa shape index (κ3) is 4.18. The van der Waals surface area contributed by atoms with Crippen LogP contribution in [0, 0.1) is 10.1 Å². The third-order valence-corrected chi connectivity index (χ3v) is 3.33. The summed E-state index contributed by atoms with van der Waals surface area (Å²) in [6.45, 7) is 6.99. The zero-order chi connectivity index (χ0) is 15.1. The highest BCUT2D eigenvalue weighted by molar-refractivity contribution is 6.33. The fraction of sp³-hybridized carbons (Fsp3) is 0.462. The van der Waals surface area contributed by atoms with Crippen LogP contribution in [-0.2, 0) is 0 Å².